The zero-order valence-electron chi connectivity index (χ0n) is 14.7. The van der Waals surface area contributed by atoms with Gasteiger partial charge in [-0.25, -0.2) is 4.79 Å². The van der Waals surface area contributed by atoms with Crippen molar-refractivity contribution in [3.05, 3.63) is 53.6 Å². The van der Waals surface area contributed by atoms with Crippen molar-refractivity contribution in [1.82, 2.24) is 0 Å². The fraction of sp³-hybridized carbons (Fsp3) is 0.263. The highest BCUT2D eigenvalue weighted by atomic mass is 16.5. The molecular weight excluding hydrogens is 322 g/mol. The molecule has 0 heterocycles. The molecule has 0 saturated heterocycles. The zero-order chi connectivity index (χ0) is 18.4. The number of hydrogen-bond donors (Lipinski definition) is 1. The second-order valence-electron chi connectivity index (χ2n) is 5.42. The second-order valence-corrected chi connectivity index (χ2v) is 5.42. The minimum absolute atomic E-state index is 0.271. The van der Waals surface area contributed by atoms with E-state index in [1.807, 2.05) is 25.1 Å². The lowest BCUT2D eigenvalue weighted by molar-refractivity contribution is -0.123. The number of carbonyl (C=O) groups excluding carboxylic acids is 2. The zero-order valence-corrected chi connectivity index (χ0v) is 14.7. The number of rotatable bonds is 6. The summed E-state index contributed by atoms with van der Waals surface area (Å²) in [6, 6.07) is 12.0. The van der Waals surface area contributed by atoms with Gasteiger partial charge in [-0.05, 0) is 43.7 Å². The van der Waals surface area contributed by atoms with E-state index in [1.165, 1.54) is 27.2 Å². The van der Waals surface area contributed by atoms with Crippen molar-refractivity contribution in [2.24, 2.45) is 0 Å². The van der Waals surface area contributed by atoms with Crippen LogP contribution in [0.3, 0.4) is 0 Å². The number of esters is 1. The van der Waals surface area contributed by atoms with Crippen molar-refractivity contribution in [1.29, 1.82) is 0 Å². The van der Waals surface area contributed by atoms with Crippen LogP contribution in [0.4, 0.5) is 5.69 Å². The van der Waals surface area contributed by atoms with Gasteiger partial charge in [0.2, 0.25) is 0 Å². The summed E-state index contributed by atoms with van der Waals surface area (Å²) in [6.07, 6.45) is -0.944. The SMILES string of the molecule is COc1ccc(C(=O)OC(C)C(=O)Nc2ccccc2C)cc1OC. The first-order valence-corrected chi connectivity index (χ1v) is 7.75. The fourth-order valence-electron chi connectivity index (χ4n) is 2.19. The van der Waals surface area contributed by atoms with E-state index in [2.05, 4.69) is 5.32 Å². The Morgan fingerprint density at radius 3 is 2.32 bits per heavy atom. The predicted molar refractivity (Wildman–Crippen MR) is 94.2 cm³/mol. The van der Waals surface area contributed by atoms with E-state index in [0.29, 0.717) is 17.2 Å². The maximum Gasteiger partial charge on any atom is 0.339 e. The summed E-state index contributed by atoms with van der Waals surface area (Å²) in [5, 5.41) is 2.75. The molecule has 2 aromatic rings. The standard InChI is InChI=1S/C19H21NO5/c1-12-7-5-6-8-15(12)20-18(21)13(2)25-19(22)14-9-10-16(23-3)17(11-14)24-4/h5-11,13H,1-4H3,(H,20,21). The van der Waals surface area contributed by atoms with Gasteiger partial charge in [-0.1, -0.05) is 18.2 Å². The van der Waals surface area contributed by atoms with Gasteiger partial charge in [0, 0.05) is 5.69 Å². The summed E-state index contributed by atoms with van der Waals surface area (Å²) >= 11 is 0. The number of carbonyl (C=O) groups is 2. The Bertz CT molecular complexity index is 772. The van der Waals surface area contributed by atoms with Gasteiger partial charge in [0.1, 0.15) is 0 Å². The normalized spacial score (nSPS) is 11.4. The van der Waals surface area contributed by atoms with Gasteiger partial charge in [-0.15, -0.1) is 0 Å². The van der Waals surface area contributed by atoms with Gasteiger partial charge in [0.25, 0.3) is 5.91 Å². The van der Waals surface area contributed by atoms with Gasteiger partial charge in [-0.3, -0.25) is 4.79 Å². The molecule has 2 rings (SSSR count). The van der Waals surface area contributed by atoms with Crippen LogP contribution in [0, 0.1) is 6.92 Å². The molecule has 6 heteroatoms. The van der Waals surface area contributed by atoms with Gasteiger partial charge in [-0.2, -0.15) is 0 Å². The summed E-state index contributed by atoms with van der Waals surface area (Å²) in [7, 11) is 2.99. The third-order valence-electron chi connectivity index (χ3n) is 3.68. The van der Waals surface area contributed by atoms with Crippen molar-refractivity contribution in [3.8, 4) is 11.5 Å². The monoisotopic (exact) mass is 343 g/mol. The first-order chi connectivity index (χ1) is 12.0. The number of methoxy groups -OCH3 is 2. The predicted octanol–water partition coefficient (Wildman–Crippen LogP) is 3.20. The van der Waals surface area contributed by atoms with Gasteiger partial charge < -0.3 is 19.5 Å². The van der Waals surface area contributed by atoms with Gasteiger partial charge >= 0.3 is 5.97 Å². The number of ether oxygens (including phenoxy) is 3. The molecular formula is C19H21NO5. The molecule has 1 atom stereocenters. The number of nitrogens with one attached hydrogen (secondary N) is 1. The maximum atomic E-state index is 12.2. The Hall–Kier alpha value is -3.02. The smallest absolute Gasteiger partial charge is 0.339 e. The molecule has 0 aliphatic rings. The molecule has 0 radical (unpaired) electrons. The molecule has 0 spiro atoms. The summed E-state index contributed by atoms with van der Waals surface area (Å²) in [6.45, 7) is 3.40. The quantitative estimate of drug-likeness (QED) is 0.816. The van der Waals surface area contributed by atoms with Crippen LogP contribution in [0.15, 0.2) is 42.5 Å². The Morgan fingerprint density at radius 2 is 1.68 bits per heavy atom. The fourth-order valence-corrected chi connectivity index (χ4v) is 2.19. The van der Waals surface area contributed by atoms with E-state index >= 15 is 0 Å². The first-order valence-electron chi connectivity index (χ1n) is 7.75. The highest BCUT2D eigenvalue weighted by Gasteiger charge is 2.20. The van der Waals surface area contributed by atoms with Crippen LogP contribution >= 0.6 is 0 Å². The summed E-state index contributed by atoms with van der Waals surface area (Å²) < 4.78 is 15.5. The van der Waals surface area contributed by atoms with Crippen molar-refractivity contribution in [2.75, 3.05) is 19.5 Å². The molecule has 0 aromatic heterocycles. The lowest BCUT2D eigenvalue weighted by Gasteiger charge is -2.15. The Kier molecular flexibility index (Phi) is 6.00. The third-order valence-corrected chi connectivity index (χ3v) is 3.68. The molecule has 2 aromatic carbocycles. The van der Waals surface area contributed by atoms with E-state index in [9.17, 15) is 9.59 Å². The molecule has 132 valence electrons. The van der Waals surface area contributed by atoms with Crippen molar-refractivity contribution in [3.63, 3.8) is 0 Å². The first kappa shape index (κ1) is 18.3. The molecule has 0 aliphatic heterocycles. The Morgan fingerprint density at radius 1 is 1.00 bits per heavy atom. The minimum atomic E-state index is -0.944. The molecule has 1 amide bonds. The summed E-state index contributed by atoms with van der Waals surface area (Å²) in [5.41, 5.74) is 1.88. The average molecular weight is 343 g/mol. The Balaban J connectivity index is 2.04. The largest absolute Gasteiger partial charge is 0.493 e. The summed E-state index contributed by atoms with van der Waals surface area (Å²) in [5.74, 6) is -0.102. The van der Waals surface area contributed by atoms with Crippen LogP contribution in [0.5, 0.6) is 11.5 Å². The number of hydrogen-bond acceptors (Lipinski definition) is 5. The maximum absolute atomic E-state index is 12.2. The number of anilines is 1. The van der Waals surface area contributed by atoms with Crippen LogP contribution in [-0.4, -0.2) is 32.2 Å². The van der Waals surface area contributed by atoms with Crippen LogP contribution in [-0.2, 0) is 9.53 Å². The minimum Gasteiger partial charge on any atom is -0.493 e. The summed E-state index contributed by atoms with van der Waals surface area (Å²) in [4.78, 5) is 24.5. The molecule has 0 aliphatic carbocycles. The van der Waals surface area contributed by atoms with Crippen LogP contribution in [0.25, 0.3) is 0 Å². The molecule has 0 fully saturated rings. The van der Waals surface area contributed by atoms with E-state index in [4.69, 9.17) is 14.2 Å². The van der Waals surface area contributed by atoms with Gasteiger partial charge in [0.05, 0.1) is 19.8 Å². The molecule has 1 N–H and O–H groups in total. The second kappa shape index (κ2) is 8.19. The number of benzene rings is 2. The topological polar surface area (TPSA) is 73.9 Å². The third kappa shape index (κ3) is 4.50. The molecule has 0 saturated carbocycles. The number of aryl methyl sites for hydroxylation is 1. The van der Waals surface area contributed by atoms with Crippen molar-refractivity contribution >= 4 is 17.6 Å². The lowest BCUT2D eigenvalue weighted by atomic mass is 10.2. The van der Waals surface area contributed by atoms with Crippen LogP contribution in [0.2, 0.25) is 0 Å². The highest BCUT2D eigenvalue weighted by Crippen LogP contribution is 2.28. The molecule has 6 nitrogen and oxygen atoms in total. The molecule has 0 bridgehead atoms. The molecule has 25 heavy (non-hydrogen) atoms. The van der Waals surface area contributed by atoms with E-state index < -0.39 is 18.0 Å². The Labute approximate surface area is 146 Å². The van der Waals surface area contributed by atoms with E-state index in [0.717, 1.165) is 5.56 Å². The number of amides is 1. The van der Waals surface area contributed by atoms with Gasteiger partial charge in [0.15, 0.2) is 17.6 Å². The van der Waals surface area contributed by atoms with Crippen molar-refractivity contribution in [2.45, 2.75) is 20.0 Å². The molecule has 1 unspecified atom stereocenters. The highest BCUT2D eigenvalue weighted by molar-refractivity contribution is 5.97. The number of para-hydroxylation sites is 1. The van der Waals surface area contributed by atoms with E-state index in [1.54, 1.807) is 18.2 Å². The van der Waals surface area contributed by atoms with Crippen LogP contribution in [0.1, 0.15) is 22.8 Å². The lowest BCUT2D eigenvalue weighted by Crippen LogP contribution is -2.30. The average Bonchev–Trinajstić information content (AvgIpc) is 2.62. The van der Waals surface area contributed by atoms with Crippen LogP contribution < -0.4 is 14.8 Å². The van der Waals surface area contributed by atoms with E-state index in [-0.39, 0.29) is 5.56 Å². The van der Waals surface area contributed by atoms with Crippen molar-refractivity contribution < 1.29 is 23.8 Å².